The maximum absolute atomic E-state index is 13.8. The van der Waals surface area contributed by atoms with Gasteiger partial charge in [-0.15, -0.1) is 0 Å². The first-order valence-electron chi connectivity index (χ1n) is 7.62. The van der Waals surface area contributed by atoms with E-state index in [0.717, 1.165) is 11.6 Å². The van der Waals surface area contributed by atoms with Crippen molar-refractivity contribution in [3.8, 4) is 11.8 Å². The zero-order chi connectivity index (χ0) is 19.0. The number of rotatable bonds is 5. The number of ether oxygens (including phenoxy) is 1. The van der Waals surface area contributed by atoms with Gasteiger partial charge in [0.05, 0.1) is 10.5 Å². The molecule has 0 aliphatic carbocycles. The van der Waals surface area contributed by atoms with E-state index in [2.05, 4.69) is 17.2 Å². The molecule has 0 saturated carbocycles. The van der Waals surface area contributed by atoms with Gasteiger partial charge in [-0.1, -0.05) is 42.2 Å². The summed E-state index contributed by atoms with van der Waals surface area (Å²) in [4.78, 5) is 11.2. The van der Waals surface area contributed by atoms with Crippen molar-refractivity contribution in [1.29, 1.82) is 0 Å². The zero-order valence-electron chi connectivity index (χ0n) is 13.7. The molecule has 0 aromatic heterocycles. The minimum absolute atomic E-state index is 0.0454. The lowest BCUT2D eigenvalue weighted by molar-refractivity contribution is 0.140. The van der Waals surface area contributed by atoms with Crippen LogP contribution in [0.25, 0.3) is 0 Å². The Kier molecular flexibility index (Phi) is 6.72. The number of nitrogens with one attached hydrogen (secondary N) is 1. The SMILES string of the molecule is NS(=O)(=O)c1ccc(C#CCCNC(=O)OCc2ccccc2)c(F)c1. The molecular weight excluding hydrogens is 359 g/mol. The van der Waals surface area contributed by atoms with Gasteiger partial charge in [0.25, 0.3) is 0 Å². The maximum atomic E-state index is 13.8. The summed E-state index contributed by atoms with van der Waals surface area (Å²) in [6.07, 6.45) is -0.295. The van der Waals surface area contributed by atoms with E-state index in [1.807, 2.05) is 30.3 Å². The minimum Gasteiger partial charge on any atom is -0.445 e. The van der Waals surface area contributed by atoms with Crippen molar-refractivity contribution < 1.29 is 22.3 Å². The van der Waals surface area contributed by atoms with Crippen LogP contribution in [0.1, 0.15) is 17.5 Å². The molecule has 2 aromatic carbocycles. The molecule has 0 saturated heterocycles. The first kappa shape index (κ1) is 19.4. The Balaban J connectivity index is 1.77. The smallest absolute Gasteiger partial charge is 0.407 e. The van der Waals surface area contributed by atoms with E-state index in [4.69, 9.17) is 9.88 Å². The number of carbonyl (C=O) groups excluding carboxylic acids is 1. The first-order valence-corrected chi connectivity index (χ1v) is 9.16. The van der Waals surface area contributed by atoms with Gasteiger partial charge in [0.1, 0.15) is 12.4 Å². The predicted octanol–water partition coefficient (Wildman–Crippen LogP) is 2.14. The van der Waals surface area contributed by atoms with Crippen molar-refractivity contribution in [3.05, 3.63) is 65.5 Å². The third-order valence-corrected chi connectivity index (χ3v) is 4.14. The van der Waals surface area contributed by atoms with Crippen molar-refractivity contribution in [2.45, 2.75) is 17.9 Å². The Morgan fingerprint density at radius 3 is 2.58 bits per heavy atom. The third kappa shape index (κ3) is 6.20. The minimum atomic E-state index is -3.96. The molecule has 0 aliphatic rings. The molecule has 2 aromatic rings. The molecule has 0 heterocycles. The second kappa shape index (κ2) is 8.99. The summed E-state index contributed by atoms with van der Waals surface area (Å²) < 4.78 is 41.0. The van der Waals surface area contributed by atoms with Gasteiger partial charge in [0, 0.05) is 13.0 Å². The van der Waals surface area contributed by atoms with Gasteiger partial charge in [-0.25, -0.2) is 22.7 Å². The van der Waals surface area contributed by atoms with E-state index in [1.54, 1.807) is 0 Å². The van der Waals surface area contributed by atoms with Gasteiger partial charge in [0.2, 0.25) is 10.0 Å². The molecule has 6 nitrogen and oxygen atoms in total. The van der Waals surface area contributed by atoms with Crippen molar-refractivity contribution >= 4 is 16.1 Å². The third-order valence-electron chi connectivity index (χ3n) is 3.22. The molecule has 0 atom stereocenters. The summed E-state index contributed by atoms with van der Waals surface area (Å²) in [6.45, 7) is 0.400. The van der Waals surface area contributed by atoms with E-state index in [9.17, 15) is 17.6 Å². The van der Waals surface area contributed by atoms with Crippen LogP contribution in [0.3, 0.4) is 0 Å². The van der Waals surface area contributed by atoms with E-state index in [-0.39, 0.29) is 30.0 Å². The van der Waals surface area contributed by atoms with Crippen LogP contribution in [-0.4, -0.2) is 21.1 Å². The monoisotopic (exact) mass is 376 g/mol. The molecule has 0 bridgehead atoms. The summed E-state index contributed by atoms with van der Waals surface area (Å²) in [5, 5.41) is 7.45. The Bertz CT molecular complexity index is 935. The second-order valence-corrected chi connectivity index (χ2v) is 6.79. The lowest BCUT2D eigenvalue weighted by Gasteiger charge is -2.05. The number of nitrogens with two attached hydrogens (primary N) is 1. The maximum Gasteiger partial charge on any atom is 0.407 e. The standard InChI is InChI=1S/C18H17FN2O4S/c19-17-12-16(26(20,23)24)10-9-15(17)8-4-5-11-21-18(22)25-13-14-6-2-1-3-7-14/h1-3,6-7,9-10,12H,5,11,13H2,(H,21,22)(H2,20,23,24). The van der Waals surface area contributed by atoms with Crippen LogP contribution in [0, 0.1) is 17.7 Å². The van der Waals surface area contributed by atoms with Gasteiger partial charge in [-0.2, -0.15) is 0 Å². The molecule has 2 rings (SSSR count). The molecule has 8 heteroatoms. The Labute approximate surface area is 151 Å². The van der Waals surface area contributed by atoms with Crippen molar-refractivity contribution in [1.82, 2.24) is 5.32 Å². The van der Waals surface area contributed by atoms with E-state index < -0.39 is 21.9 Å². The number of sulfonamides is 1. The van der Waals surface area contributed by atoms with Crippen LogP contribution < -0.4 is 10.5 Å². The highest BCUT2D eigenvalue weighted by molar-refractivity contribution is 7.89. The molecule has 0 fully saturated rings. The lowest BCUT2D eigenvalue weighted by atomic mass is 10.2. The van der Waals surface area contributed by atoms with Crippen LogP contribution in [0.15, 0.2) is 53.4 Å². The van der Waals surface area contributed by atoms with Gasteiger partial charge < -0.3 is 10.1 Å². The largest absolute Gasteiger partial charge is 0.445 e. The highest BCUT2D eigenvalue weighted by Gasteiger charge is 2.10. The lowest BCUT2D eigenvalue weighted by Crippen LogP contribution is -2.24. The highest BCUT2D eigenvalue weighted by atomic mass is 32.2. The molecule has 3 N–H and O–H groups in total. The van der Waals surface area contributed by atoms with Crippen molar-refractivity contribution in [2.75, 3.05) is 6.54 Å². The Hall–Kier alpha value is -2.89. The number of hydrogen-bond donors (Lipinski definition) is 2. The molecule has 1 amide bonds. The topological polar surface area (TPSA) is 98.5 Å². The van der Waals surface area contributed by atoms with Gasteiger partial charge in [-0.3, -0.25) is 0 Å². The predicted molar refractivity (Wildman–Crippen MR) is 93.9 cm³/mol. The molecular formula is C18H17FN2O4S. The average Bonchev–Trinajstić information content (AvgIpc) is 2.61. The van der Waals surface area contributed by atoms with Crippen molar-refractivity contribution in [3.63, 3.8) is 0 Å². The summed E-state index contributed by atoms with van der Waals surface area (Å²) >= 11 is 0. The molecule has 0 spiro atoms. The van der Waals surface area contributed by atoms with Gasteiger partial charge in [0.15, 0.2) is 0 Å². The molecule has 0 unspecified atom stereocenters. The number of hydrogen-bond acceptors (Lipinski definition) is 4. The number of primary sulfonamides is 1. The summed E-state index contributed by atoms with van der Waals surface area (Å²) in [5.41, 5.74) is 0.921. The summed E-state index contributed by atoms with van der Waals surface area (Å²) in [6, 6.07) is 12.5. The first-order chi connectivity index (χ1) is 12.4. The van der Waals surface area contributed by atoms with Crippen LogP contribution >= 0.6 is 0 Å². The number of amides is 1. The summed E-state index contributed by atoms with van der Waals surface area (Å²) in [5.74, 6) is 4.48. The number of benzene rings is 2. The fourth-order valence-electron chi connectivity index (χ4n) is 1.93. The Morgan fingerprint density at radius 1 is 1.19 bits per heavy atom. The average molecular weight is 376 g/mol. The van der Waals surface area contributed by atoms with Crippen LogP contribution in [0.5, 0.6) is 0 Å². The molecule has 0 aliphatic heterocycles. The zero-order valence-corrected chi connectivity index (χ0v) is 14.6. The fraction of sp³-hybridized carbons (Fsp3) is 0.167. The van der Waals surface area contributed by atoms with Crippen LogP contribution in [0.2, 0.25) is 0 Å². The van der Waals surface area contributed by atoms with Crippen LogP contribution in [0.4, 0.5) is 9.18 Å². The van der Waals surface area contributed by atoms with Crippen LogP contribution in [-0.2, 0) is 21.4 Å². The fourth-order valence-corrected chi connectivity index (χ4v) is 2.46. The molecule has 0 radical (unpaired) electrons. The van der Waals surface area contributed by atoms with E-state index >= 15 is 0 Å². The van der Waals surface area contributed by atoms with E-state index in [0.29, 0.717) is 0 Å². The second-order valence-electron chi connectivity index (χ2n) is 5.23. The Morgan fingerprint density at radius 2 is 1.92 bits per heavy atom. The number of carbonyl (C=O) groups is 1. The normalized spacial score (nSPS) is 10.5. The number of halogens is 1. The van der Waals surface area contributed by atoms with Crippen molar-refractivity contribution in [2.24, 2.45) is 5.14 Å². The summed E-state index contributed by atoms with van der Waals surface area (Å²) in [7, 11) is -3.96. The van der Waals surface area contributed by atoms with Gasteiger partial charge >= 0.3 is 6.09 Å². The quantitative estimate of drug-likeness (QED) is 0.617. The van der Waals surface area contributed by atoms with E-state index in [1.165, 1.54) is 12.1 Å². The molecule has 26 heavy (non-hydrogen) atoms. The number of alkyl carbamates (subject to hydrolysis) is 1. The highest BCUT2D eigenvalue weighted by Crippen LogP contribution is 2.12. The molecule has 136 valence electrons. The van der Waals surface area contributed by atoms with Gasteiger partial charge in [-0.05, 0) is 23.8 Å².